The molecule has 0 saturated heterocycles. The molecule has 14 heavy (non-hydrogen) atoms. The number of pyridine rings is 1. The summed E-state index contributed by atoms with van der Waals surface area (Å²) in [6, 6.07) is 3.97. The van der Waals surface area contributed by atoms with Gasteiger partial charge in [-0.25, -0.2) is 4.98 Å². The second-order valence-corrected chi connectivity index (χ2v) is 5.64. The van der Waals surface area contributed by atoms with Crippen molar-refractivity contribution in [3.05, 3.63) is 22.8 Å². The average molecular weight is 274 g/mol. The molecule has 0 spiro atoms. The van der Waals surface area contributed by atoms with Crippen molar-refractivity contribution in [1.82, 2.24) is 4.98 Å². The van der Waals surface area contributed by atoms with Gasteiger partial charge < -0.3 is 5.11 Å². The molecule has 1 aromatic heterocycles. The summed E-state index contributed by atoms with van der Waals surface area (Å²) in [5.74, 6) is 0. The van der Waals surface area contributed by atoms with Crippen molar-refractivity contribution < 1.29 is 5.11 Å². The van der Waals surface area contributed by atoms with Crippen molar-refractivity contribution in [2.75, 3.05) is 0 Å². The third kappa shape index (κ3) is 2.49. The zero-order valence-corrected chi connectivity index (χ0v) is 10.1. The smallest absolute Gasteiger partial charge is 0.0964 e. The Morgan fingerprint density at radius 3 is 2.86 bits per heavy atom. The lowest BCUT2D eigenvalue weighted by molar-refractivity contribution is 0.188. The SMILES string of the molecule is O[C@H]1CCC[C@@H]1Sc1ccc(Br)cn1. The Balaban J connectivity index is 2.00. The van der Waals surface area contributed by atoms with Crippen molar-refractivity contribution in [2.45, 2.75) is 35.6 Å². The lowest BCUT2D eigenvalue weighted by atomic mass is 10.3. The average Bonchev–Trinajstić information content (AvgIpc) is 2.56. The fraction of sp³-hybridized carbons (Fsp3) is 0.500. The first-order valence-electron chi connectivity index (χ1n) is 4.72. The van der Waals surface area contributed by atoms with Gasteiger partial charge in [0.05, 0.1) is 11.1 Å². The summed E-state index contributed by atoms with van der Waals surface area (Å²) in [6.45, 7) is 0. The molecule has 2 atom stereocenters. The Labute approximate surface area is 96.3 Å². The van der Waals surface area contributed by atoms with E-state index in [0.29, 0.717) is 5.25 Å². The molecule has 0 radical (unpaired) electrons. The van der Waals surface area contributed by atoms with Gasteiger partial charge in [0.2, 0.25) is 0 Å². The summed E-state index contributed by atoms with van der Waals surface area (Å²) in [5.41, 5.74) is 0. The fourth-order valence-corrected chi connectivity index (χ4v) is 3.01. The van der Waals surface area contributed by atoms with Crippen molar-refractivity contribution in [3.63, 3.8) is 0 Å². The van der Waals surface area contributed by atoms with Gasteiger partial charge >= 0.3 is 0 Å². The standard InChI is InChI=1S/C10H12BrNOS/c11-7-4-5-10(12-6-7)14-9-3-1-2-8(9)13/h4-6,8-9,13H,1-3H2/t8-,9-/m0/s1. The number of aliphatic hydroxyl groups excluding tert-OH is 1. The summed E-state index contributed by atoms with van der Waals surface area (Å²) in [5, 5.41) is 11.0. The zero-order valence-electron chi connectivity index (χ0n) is 7.69. The number of aliphatic hydroxyl groups is 1. The van der Waals surface area contributed by atoms with Gasteiger partial charge in [-0.15, -0.1) is 11.8 Å². The molecular formula is C10H12BrNOS. The highest BCUT2D eigenvalue weighted by Crippen LogP contribution is 2.34. The number of aromatic nitrogens is 1. The fourth-order valence-electron chi connectivity index (χ4n) is 1.63. The Kier molecular flexibility index (Phi) is 3.47. The van der Waals surface area contributed by atoms with E-state index in [4.69, 9.17) is 0 Å². The zero-order chi connectivity index (χ0) is 9.97. The summed E-state index contributed by atoms with van der Waals surface area (Å²) in [6.07, 6.45) is 4.82. The molecular weight excluding hydrogens is 262 g/mol. The van der Waals surface area contributed by atoms with Crippen molar-refractivity contribution >= 4 is 27.7 Å². The molecule has 0 aliphatic heterocycles. The Hall–Kier alpha value is -0.0600. The molecule has 1 heterocycles. The van der Waals surface area contributed by atoms with Crippen molar-refractivity contribution in [3.8, 4) is 0 Å². The monoisotopic (exact) mass is 273 g/mol. The van der Waals surface area contributed by atoms with E-state index in [-0.39, 0.29) is 6.10 Å². The van der Waals surface area contributed by atoms with Gasteiger partial charge in [0.25, 0.3) is 0 Å². The normalized spacial score (nSPS) is 26.7. The molecule has 1 N–H and O–H groups in total. The van der Waals surface area contributed by atoms with E-state index in [1.54, 1.807) is 18.0 Å². The molecule has 0 bridgehead atoms. The maximum atomic E-state index is 9.65. The van der Waals surface area contributed by atoms with Gasteiger partial charge in [-0.2, -0.15) is 0 Å². The molecule has 1 saturated carbocycles. The number of halogens is 1. The highest BCUT2D eigenvalue weighted by molar-refractivity contribution is 9.10. The first kappa shape index (κ1) is 10.5. The number of nitrogens with zero attached hydrogens (tertiary/aromatic N) is 1. The van der Waals surface area contributed by atoms with Crippen LogP contribution in [0.3, 0.4) is 0 Å². The number of rotatable bonds is 2. The predicted molar refractivity (Wildman–Crippen MR) is 61.4 cm³/mol. The Bertz CT molecular complexity index is 303. The van der Waals surface area contributed by atoms with Crippen LogP contribution < -0.4 is 0 Å². The maximum absolute atomic E-state index is 9.65. The molecule has 1 fully saturated rings. The van der Waals surface area contributed by atoms with E-state index in [0.717, 1.165) is 28.8 Å². The molecule has 4 heteroatoms. The van der Waals surface area contributed by atoms with Crippen LogP contribution in [0, 0.1) is 0 Å². The molecule has 0 aromatic carbocycles. The lowest BCUT2D eigenvalue weighted by Crippen LogP contribution is -2.14. The molecule has 1 aliphatic rings. The van der Waals surface area contributed by atoms with Crippen LogP contribution in [0.1, 0.15) is 19.3 Å². The summed E-state index contributed by atoms with van der Waals surface area (Å²) in [7, 11) is 0. The maximum Gasteiger partial charge on any atom is 0.0964 e. The van der Waals surface area contributed by atoms with Gasteiger partial charge in [0.15, 0.2) is 0 Å². The van der Waals surface area contributed by atoms with Crippen LogP contribution in [0.15, 0.2) is 27.8 Å². The molecule has 0 unspecified atom stereocenters. The van der Waals surface area contributed by atoms with E-state index in [1.807, 2.05) is 12.1 Å². The molecule has 1 aromatic rings. The lowest BCUT2D eigenvalue weighted by Gasteiger charge is -2.12. The van der Waals surface area contributed by atoms with E-state index < -0.39 is 0 Å². The van der Waals surface area contributed by atoms with E-state index in [1.165, 1.54) is 0 Å². The van der Waals surface area contributed by atoms with Crippen LogP contribution in [0.25, 0.3) is 0 Å². The van der Waals surface area contributed by atoms with E-state index >= 15 is 0 Å². The summed E-state index contributed by atoms with van der Waals surface area (Å²) in [4.78, 5) is 4.28. The molecule has 1 aliphatic carbocycles. The van der Waals surface area contributed by atoms with Crippen LogP contribution >= 0.6 is 27.7 Å². The topological polar surface area (TPSA) is 33.1 Å². The first-order chi connectivity index (χ1) is 6.75. The molecule has 2 nitrogen and oxygen atoms in total. The van der Waals surface area contributed by atoms with E-state index in [9.17, 15) is 5.11 Å². The van der Waals surface area contributed by atoms with E-state index in [2.05, 4.69) is 20.9 Å². The largest absolute Gasteiger partial charge is 0.392 e. The minimum atomic E-state index is -0.148. The third-order valence-electron chi connectivity index (χ3n) is 2.39. The van der Waals surface area contributed by atoms with Gasteiger partial charge in [0, 0.05) is 15.9 Å². The highest BCUT2D eigenvalue weighted by atomic mass is 79.9. The van der Waals surface area contributed by atoms with Gasteiger partial charge in [-0.3, -0.25) is 0 Å². The van der Waals surface area contributed by atoms with Gasteiger partial charge in [0.1, 0.15) is 0 Å². The summed E-state index contributed by atoms with van der Waals surface area (Å²) >= 11 is 5.03. The molecule has 0 amide bonds. The predicted octanol–water partition coefficient (Wildman–Crippen LogP) is 2.85. The van der Waals surface area contributed by atoms with Crippen molar-refractivity contribution in [1.29, 1.82) is 0 Å². The molecule has 76 valence electrons. The van der Waals surface area contributed by atoms with Gasteiger partial charge in [-0.1, -0.05) is 0 Å². The second kappa shape index (κ2) is 4.64. The number of hydrogen-bond donors (Lipinski definition) is 1. The molecule has 2 rings (SSSR count). The number of thioether (sulfide) groups is 1. The Morgan fingerprint density at radius 2 is 2.29 bits per heavy atom. The summed E-state index contributed by atoms with van der Waals surface area (Å²) < 4.78 is 0.994. The first-order valence-corrected chi connectivity index (χ1v) is 6.39. The van der Waals surface area contributed by atoms with Crippen LogP contribution in [0.4, 0.5) is 0 Å². The minimum Gasteiger partial charge on any atom is -0.392 e. The number of hydrogen-bond acceptors (Lipinski definition) is 3. The van der Waals surface area contributed by atoms with Crippen LogP contribution in [0.2, 0.25) is 0 Å². The van der Waals surface area contributed by atoms with Crippen LogP contribution in [-0.4, -0.2) is 21.4 Å². The minimum absolute atomic E-state index is 0.148. The highest BCUT2D eigenvalue weighted by Gasteiger charge is 2.26. The van der Waals surface area contributed by atoms with Crippen molar-refractivity contribution in [2.24, 2.45) is 0 Å². The van der Waals surface area contributed by atoms with Gasteiger partial charge in [-0.05, 0) is 47.3 Å². The quantitative estimate of drug-likeness (QED) is 0.900. The third-order valence-corrected chi connectivity index (χ3v) is 4.19. The van der Waals surface area contributed by atoms with Crippen LogP contribution in [-0.2, 0) is 0 Å². The Morgan fingerprint density at radius 1 is 1.43 bits per heavy atom. The second-order valence-electron chi connectivity index (χ2n) is 3.47. The van der Waals surface area contributed by atoms with Crippen LogP contribution in [0.5, 0.6) is 0 Å².